The van der Waals surface area contributed by atoms with Crippen LogP contribution in [0, 0.1) is 29.1 Å². The molecule has 2 nitrogen and oxygen atoms in total. The monoisotopic (exact) mass is 289 g/mol. The Balaban J connectivity index is 1.65. The number of nitrogens with one attached hydrogen (secondary N) is 1. The van der Waals surface area contributed by atoms with E-state index in [9.17, 15) is 4.79 Å². The molecule has 0 aromatic heterocycles. The summed E-state index contributed by atoms with van der Waals surface area (Å²) in [5, 5.41) is 2.96. The summed E-state index contributed by atoms with van der Waals surface area (Å²) in [4.78, 5) is 11.0. The number of amides is 1. The molecule has 0 radical (unpaired) electrons. The highest BCUT2D eigenvalue weighted by Crippen LogP contribution is 2.64. The molecule has 21 heavy (non-hydrogen) atoms. The summed E-state index contributed by atoms with van der Waals surface area (Å²) >= 11 is 0. The third kappa shape index (κ3) is 2.78. The average molecular weight is 289 g/mol. The van der Waals surface area contributed by atoms with Crippen molar-refractivity contribution in [2.45, 2.75) is 65.2 Å². The minimum atomic E-state index is 0.107. The number of hydrogen-bond donors (Lipinski definition) is 1. The van der Waals surface area contributed by atoms with Gasteiger partial charge in [0.05, 0.1) is 0 Å². The first-order chi connectivity index (χ1) is 10.0. The maximum Gasteiger partial charge on any atom is 0.216 e. The van der Waals surface area contributed by atoms with Gasteiger partial charge in [-0.3, -0.25) is 4.79 Å². The second-order valence-corrected chi connectivity index (χ2v) is 8.09. The van der Waals surface area contributed by atoms with E-state index in [1.807, 2.05) is 0 Å². The summed E-state index contributed by atoms with van der Waals surface area (Å²) in [6.07, 6.45) is 10.9. The predicted octanol–water partition coefficient (Wildman–Crippen LogP) is 4.31. The van der Waals surface area contributed by atoms with E-state index in [1.165, 1.54) is 44.9 Å². The lowest BCUT2D eigenvalue weighted by molar-refractivity contribution is -0.119. The van der Waals surface area contributed by atoms with Crippen LogP contribution in [0.4, 0.5) is 0 Å². The van der Waals surface area contributed by atoms with Gasteiger partial charge in [0.15, 0.2) is 0 Å². The van der Waals surface area contributed by atoms with E-state index in [4.69, 9.17) is 0 Å². The van der Waals surface area contributed by atoms with Gasteiger partial charge >= 0.3 is 0 Å². The van der Waals surface area contributed by atoms with Crippen LogP contribution in [0.25, 0.3) is 0 Å². The van der Waals surface area contributed by atoms with Gasteiger partial charge in [0, 0.05) is 13.5 Å². The van der Waals surface area contributed by atoms with Gasteiger partial charge in [0.1, 0.15) is 0 Å². The summed E-state index contributed by atoms with van der Waals surface area (Å²) in [5.41, 5.74) is 2.18. The first-order valence-electron chi connectivity index (χ1n) is 8.94. The molecule has 1 spiro atoms. The topological polar surface area (TPSA) is 29.1 Å². The van der Waals surface area contributed by atoms with Crippen LogP contribution in [-0.2, 0) is 4.79 Å². The van der Waals surface area contributed by atoms with E-state index >= 15 is 0 Å². The van der Waals surface area contributed by atoms with E-state index in [-0.39, 0.29) is 5.91 Å². The number of rotatable bonds is 4. The third-order valence-corrected chi connectivity index (χ3v) is 6.86. The zero-order valence-corrected chi connectivity index (χ0v) is 13.8. The van der Waals surface area contributed by atoms with Crippen molar-refractivity contribution in [1.82, 2.24) is 5.32 Å². The standard InChI is InChI=1S/C19H31NO/c1-13-8-9-19-11-14(2)16(12-19)6-7-18(19)17(13)5-4-10-20-15(3)21/h13,16-18H,2,4-12H2,1,3H3,(H,20,21)/t13?,16-,17?,18?,19-/m1/s1. The number of fused-ring (bicyclic) bond motifs is 1. The molecule has 2 heteroatoms. The molecule has 0 aromatic carbocycles. The van der Waals surface area contributed by atoms with Crippen LogP contribution in [0.5, 0.6) is 0 Å². The second kappa shape index (κ2) is 5.78. The zero-order valence-electron chi connectivity index (χ0n) is 13.8. The largest absolute Gasteiger partial charge is 0.356 e. The molecule has 3 fully saturated rings. The van der Waals surface area contributed by atoms with Gasteiger partial charge in [-0.1, -0.05) is 19.1 Å². The van der Waals surface area contributed by atoms with Crippen molar-refractivity contribution in [2.75, 3.05) is 6.54 Å². The predicted molar refractivity (Wildman–Crippen MR) is 86.8 cm³/mol. The molecule has 3 rings (SSSR count). The zero-order chi connectivity index (χ0) is 15.0. The molecule has 1 N–H and O–H groups in total. The van der Waals surface area contributed by atoms with Crippen molar-refractivity contribution in [3.05, 3.63) is 12.2 Å². The van der Waals surface area contributed by atoms with Gasteiger partial charge in [-0.25, -0.2) is 0 Å². The van der Waals surface area contributed by atoms with E-state index < -0.39 is 0 Å². The van der Waals surface area contributed by atoms with Crippen LogP contribution >= 0.6 is 0 Å². The molecule has 3 saturated carbocycles. The summed E-state index contributed by atoms with van der Waals surface area (Å²) < 4.78 is 0. The number of carbonyl (C=O) groups is 1. The highest BCUT2D eigenvalue weighted by atomic mass is 16.1. The Hall–Kier alpha value is -0.790. The minimum Gasteiger partial charge on any atom is -0.356 e. The Bertz CT molecular complexity index is 429. The maximum absolute atomic E-state index is 11.0. The highest BCUT2D eigenvalue weighted by Gasteiger charge is 2.54. The van der Waals surface area contributed by atoms with Crippen LogP contribution in [-0.4, -0.2) is 12.5 Å². The smallest absolute Gasteiger partial charge is 0.216 e. The molecule has 1 amide bonds. The molecule has 0 heterocycles. The molecule has 3 unspecified atom stereocenters. The Kier molecular flexibility index (Phi) is 4.16. The fourth-order valence-corrected chi connectivity index (χ4v) is 5.84. The molecule has 2 bridgehead atoms. The minimum absolute atomic E-state index is 0.107. The van der Waals surface area contributed by atoms with Crippen LogP contribution < -0.4 is 5.32 Å². The van der Waals surface area contributed by atoms with Gasteiger partial charge < -0.3 is 5.32 Å². The molecular formula is C19H31NO. The lowest BCUT2D eigenvalue weighted by Gasteiger charge is -2.51. The summed E-state index contributed by atoms with van der Waals surface area (Å²) in [7, 11) is 0. The summed E-state index contributed by atoms with van der Waals surface area (Å²) in [5.74, 6) is 3.61. The first kappa shape index (κ1) is 15.1. The van der Waals surface area contributed by atoms with Crippen molar-refractivity contribution in [3.63, 3.8) is 0 Å². The van der Waals surface area contributed by atoms with Gasteiger partial charge in [0.2, 0.25) is 5.91 Å². The summed E-state index contributed by atoms with van der Waals surface area (Å²) in [6.45, 7) is 9.31. The number of carbonyl (C=O) groups excluding carboxylic acids is 1. The average Bonchev–Trinajstić information content (AvgIpc) is 2.68. The quantitative estimate of drug-likeness (QED) is 0.606. The molecule has 118 valence electrons. The van der Waals surface area contributed by atoms with Crippen molar-refractivity contribution in [3.8, 4) is 0 Å². The fraction of sp³-hybridized carbons (Fsp3) is 0.842. The van der Waals surface area contributed by atoms with Gasteiger partial charge in [-0.05, 0) is 80.5 Å². The van der Waals surface area contributed by atoms with E-state index in [2.05, 4.69) is 18.8 Å². The molecule has 0 aliphatic heterocycles. The normalized spacial score (nSPS) is 41.7. The molecule has 5 atom stereocenters. The Labute approximate surface area is 129 Å². The van der Waals surface area contributed by atoms with Crippen molar-refractivity contribution in [1.29, 1.82) is 0 Å². The Morgan fingerprint density at radius 1 is 1.38 bits per heavy atom. The SMILES string of the molecule is C=C1C[C@@]23CCC(C)C(CCCNC(C)=O)C2CC[C@@H]1C3. The van der Waals surface area contributed by atoms with Gasteiger partial charge in [0.25, 0.3) is 0 Å². The van der Waals surface area contributed by atoms with E-state index in [1.54, 1.807) is 12.5 Å². The van der Waals surface area contributed by atoms with Crippen molar-refractivity contribution >= 4 is 5.91 Å². The first-order valence-corrected chi connectivity index (χ1v) is 8.94. The van der Waals surface area contributed by atoms with Gasteiger partial charge in [-0.2, -0.15) is 0 Å². The van der Waals surface area contributed by atoms with Crippen LogP contribution in [0.15, 0.2) is 12.2 Å². The Morgan fingerprint density at radius 3 is 2.95 bits per heavy atom. The van der Waals surface area contributed by atoms with Gasteiger partial charge in [-0.15, -0.1) is 0 Å². The van der Waals surface area contributed by atoms with Crippen molar-refractivity contribution in [2.24, 2.45) is 29.1 Å². The fourth-order valence-electron chi connectivity index (χ4n) is 5.84. The molecular weight excluding hydrogens is 258 g/mol. The molecule has 0 saturated heterocycles. The highest BCUT2D eigenvalue weighted by molar-refractivity contribution is 5.72. The number of hydrogen-bond acceptors (Lipinski definition) is 1. The lowest BCUT2D eigenvalue weighted by Crippen LogP contribution is -2.43. The molecule has 0 aromatic rings. The second-order valence-electron chi connectivity index (χ2n) is 8.09. The van der Waals surface area contributed by atoms with Crippen molar-refractivity contribution < 1.29 is 4.79 Å². The molecule has 3 aliphatic rings. The molecule has 3 aliphatic carbocycles. The van der Waals surface area contributed by atoms with Crippen LogP contribution in [0.1, 0.15) is 65.2 Å². The maximum atomic E-state index is 11.0. The van der Waals surface area contributed by atoms with Crippen LogP contribution in [0.2, 0.25) is 0 Å². The Morgan fingerprint density at radius 2 is 2.19 bits per heavy atom. The lowest BCUT2D eigenvalue weighted by atomic mass is 9.53. The van der Waals surface area contributed by atoms with E-state index in [0.29, 0.717) is 5.41 Å². The van der Waals surface area contributed by atoms with Crippen LogP contribution in [0.3, 0.4) is 0 Å². The summed E-state index contributed by atoms with van der Waals surface area (Å²) in [6, 6.07) is 0. The number of allylic oxidation sites excluding steroid dienone is 1. The van der Waals surface area contributed by atoms with E-state index in [0.717, 1.165) is 36.6 Å². The third-order valence-electron chi connectivity index (χ3n) is 6.86.